The lowest BCUT2D eigenvalue weighted by atomic mass is 9.90. The molecule has 0 unspecified atom stereocenters. The molecule has 0 aromatic heterocycles. The van der Waals surface area contributed by atoms with E-state index in [1.54, 1.807) is 25.9 Å². The molecule has 1 aromatic rings. The summed E-state index contributed by atoms with van der Waals surface area (Å²) in [7, 11) is 3.67. The van der Waals surface area contributed by atoms with Crippen LogP contribution in [0, 0.1) is 5.41 Å². The maximum Gasteiger partial charge on any atom is 0.237 e. The van der Waals surface area contributed by atoms with E-state index < -0.39 is 5.41 Å². The van der Waals surface area contributed by atoms with E-state index in [0.717, 1.165) is 24.4 Å². The Hall–Kier alpha value is -2.08. The molecule has 25 heavy (non-hydrogen) atoms. The summed E-state index contributed by atoms with van der Waals surface area (Å²) in [5.41, 5.74) is 0.0347. The van der Waals surface area contributed by atoms with Crippen LogP contribution in [0.5, 0.6) is 5.75 Å². The molecule has 2 rings (SSSR count). The number of benzene rings is 1. The first kappa shape index (κ1) is 19.2. The van der Waals surface area contributed by atoms with Gasteiger partial charge in [-0.2, -0.15) is 0 Å². The average molecular weight is 347 g/mol. The maximum absolute atomic E-state index is 12.7. The summed E-state index contributed by atoms with van der Waals surface area (Å²) in [6.45, 7) is 6.94. The fourth-order valence-corrected chi connectivity index (χ4v) is 2.87. The molecule has 6 heteroatoms. The van der Waals surface area contributed by atoms with E-state index in [9.17, 15) is 9.59 Å². The van der Waals surface area contributed by atoms with Gasteiger partial charge in [-0.15, -0.1) is 0 Å². The Kier molecular flexibility index (Phi) is 6.42. The van der Waals surface area contributed by atoms with Gasteiger partial charge in [0, 0.05) is 32.7 Å². The van der Waals surface area contributed by atoms with Crippen molar-refractivity contribution in [2.24, 2.45) is 5.41 Å². The van der Waals surface area contributed by atoms with Crippen LogP contribution in [0.15, 0.2) is 24.3 Å². The fraction of sp³-hybridized carbons (Fsp3) is 0.579. The molecule has 1 aromatic carbocycles. The quantitative estimate of drug-likeness (QED) is 0.785. The largest absolute Gasteiger partial charge is 0.497 e. The molecule has 2 amide bonds. The van der Waals surface area contributed by atoms with Gasteiger partial charge in [-0.05, 0) is 45.0 Å². The Bertz CT molecular complexity index is 608. The van der Waals surface area contributed by atoms with Crippen LogP contribution in [0.25, 0.3) is 0 Å². The van der Waals surface area contributed by atoms with Gasteiger partial charge in [0.15, 0.2) is 0 Å². The van der Waals surface area contributed by atoms with Gasteiger partial charge in [-0.1, -0.05) is 12.1 Å². The first-order valence-corrected chi connectivity index (χ1v) is 8.73. The number of methoxy groups -OCH3 is 1. The molecule has 1 N–H and O–H groups in total. The predicted octanol–water partition coefficient (Wildman–Crippen LogP) is 1.15. The molecule has 1 saturated heterocycles. The minimum atomic E-state index is -1.05. The Balaban J connectivity index is 1.86. The minimum Gasteiger partial charge on any atom is -0.497 e. The van der Waals surface area contributed by atoms with Gasteiger partial charge in [0.25, 0.3) is 0 Å². The Morgan fingerprint density at radius 1 is 1.20 bits per heavy atom. The summed E-state index contributed by atoms with van der Waals surface area (Å²) in [6, 6.07) is 7.76. The number of ether oxygens (including phenoxy) is 1. The van der Waals surface area contributed by atoms with E-state index in [-0.39, 0.29) is 11.8 Å². The smallest absolute Gasteiger partial charge is 0.237 e. The molecule has 6 nitrogen and oxygen atoms in total. The molecule has 0 spiro atoms. The van der Waals surface area contributed by atoms with Crippen LogP contribution in [0.3, 0.4) is 0 Å². The number of carbonyl (C=O) groups excluding carboxylic acids is 2. The van der Waals surface area contributed by atoms with Crippen LogP contribution in [0.1, 0.15) is 19.4 Å². The van der Waals surface area contributed by atoms with Crippen LogP contribution in [0.4, 0.5) is 0 Å². The van der Waals surface area contributed by atoms with Crippen LogP contribution >= 0.6 is 0 Å². The highest BCUT2D eigenvalue weighted by molar-refractivity contribution is 6.04. The zero-order valence-electron chi connectivity index (χ0n) is 15.7. The van der Waals surface area contributed by atoms with Gasteiger partial charge < -0.3 is 19.9 Å². The minimum absolute atomic E-state index is 0.0977. The molecule has 138 valence electrons. The summed E-state index contributed by atoms with van der Waals surface area (Å²) in [4.78, 5) is 29.2. The van der Waals surface area contributed by atoms with E-state index in [4.69, 9.17) is 4.74 Å². The number of nitrogens with zero attached hydrogens (tertiary/aromatic N) is 2. The lowest BCUT2D eigenvalue weighted by Crippen LogP contribution is -2.55. The van der Waals surface area contributed by atoms with Gasteiger partial charge in [-0.25, -0.2) is 0 Å². The summed E-state index contributed by atoms with van der Waals surface area (Å²) >= 11 is 0. The standard InChI is InChI=1S/C19H29N3O3/c1-19(2,18(24)22-12-10-21(3)11-13-22)17(23)20-9-8-15-6-5-7-16(14-15)25-4/h5-7,14H,8-13H2,1-4H3,(H,20,23). The molecule has 1 heterocycles. The second-order valence-corrected chi connectivity index (χ2v) is 7.08. The number of hydrogen-bond donors (Lipinski definition) is 1. The van der Waals surface area contributed by atoms with Gasteiger partial charge in [0.2, 0.25) is 11.8 Å². The van der Waals surface area contributed by atoms with Crippen LogP contribution in [-0.4, -0.2) is 68.5 Å². The Morgan fingerprint density at radius 2 is 1.88 bits per heavy atom. The van der Waals surface area contributed by atoms with Crippen LogP contribution in [-0.2, 0) is 16.0 Å². The number of rotatable bonds is 6. The normalized spacial score (nSPS) is 15.8. The van der Waals surface area contributed by atoms with E-state index in [1.165, 1.54) is 0 Å². The second-order valence-electron chi connectivity index (χ2n) is 7.08. The summed E-state index contributed by atoms with van der Waals surface area (Å²) in [5, 5.41) is 2.90. The highest BCUT2D eigenvalue weighted by Crippen LogP contribution is 2.20. The molecule has 1 aliphatic rings. The number of amides is 2. The van der Waals surface area contributed by atoms with Crippen LogP contribution in [0.2, 0.25) is 0 Å². The van der Waals surface area contributed by atoms with Crippen molar-refractivity contribution >= 4 is 11.8 Å². The average Bonchev–Trinajstić information content (AvgIpc) is 2.61. The third-order valence-electron chi connectivity index (χ3n) is 4.73. The van der Waals surface area contributed by atoms with Crippen molar-refractivity contribution in [1.29, 1.82) is 0 Å². The van der Waals surface area contributed by atoms with Crippen molar-refractivity contribution in [1.82, 2.24) is 15.1 Å². The zero-order valence-corrected chi connectivity index (χ0v) is 15.7. The van der Waals surface area contributed by atoms with E-state index in [1.807, 2.05) is 31.3 Å². The highest BCUT2D eigenvalue weighted by Gasteiger charge is 2.39. The first-order valence-electron chi connectivity index (χ1n) is 8.73. The molecule has 0 atom stereocenters. The molecular weight excluding hydrogens is 318 g/mol. The van der Waals surface area contributed by atoms with Gasteiger partial charge in [-0.3, -0.25) is 9.59 Å². The highest BCUT2D eigenvalue weighted by atomic mass is 16.5. The summed E-state index contributed by atoms with van der Waals surface area (Å²) in [6.07, 6.45) is 0.696. The topological polar surface area (TPSA) is 61.9 Å². The SMILES string of the molecule is COc1cccc(CCNC(=O)C(C)(C)C(=O)N2CCN(C)CC2)c1. The second kappa shape index (κ2) is 8.34. The molecule has 1 fully saturated rings. The molecule has 1 aliphatic heterocycles. The van der Waals surface area contributed by atoms with Crippen molar-refractivity contribution in [3.05, 3.63) is 29.8 Å². The zero-order chi connectivity index (χ0) is 18.4. The van der Waals surface area contributed by atoms with E-state index in [2.05, 4.69) is 10.2 Å². The number of nitrogens with one attached hydrogen (secondary N) is 1. The van der Waals surface area contributed by atoms with Gasteiger partial charge >= 0.3 is 0 Å². The Labute approximate surface area is 150 Å². The molecule has 0 aliphatic carbocycles. The molecule has 0 bridgehead atoms. The van der Waals surface area contributed by atoms with Crippen molar-refractivity contribution in [2.45, 2.75) is 20.3 Å². The fourth-order valence-electron chi connectivity index (χ4n) is 2.87. The van der Waals surface area contributed by atoms with Crippen molar-refractivity contribution in [3.8, 4) is 5.75 Å². The molecular formula is C19H29N3O3. The van der Waals surface area contributed by atoms with Crippen LogP contribution < -0.4 is 10.1 Å². The monoisotopic (exact) mass is 347 g/mol. The number of likely N-dealkylation sites (N-methyl/N-ethyl adjacent to an activating group) is 1. The van der Waals surface area contributed by atoms with E-state index >= 15 is 0 Å². The number of hydrogen-bond acceptors (Lipinski definition) is 4. The lowest BCUT2D eigenvalue weighted by Gasteiger charge is -2.36. The van der Waals surface area contributed by atoms with Gasteiger partial charge in [0.05, 0.1) is 7.11 Å². The van der Waals surface area contributed by atoms with Gasteiger partial charge in [0.1, 0.15) is 11.2 Å². The summed E-state index contributed by atoms with van der Waals surface area (Å²) in [5.74, 6) is 0.480. The van der Waals surface area contributed by atoms with Crippen molar-refractivity contribution in [3.63, 3.8) is 0 Å². The first-order chi connectivity index (χ1) is 11.8. The third-order valence-corrected chi connectivity index (χ3v) is 4.73. The van der Waals surface area contributed by atoms with E-state index in [0.29, 0.717) is 26.1 Å². The lowest BCUT2D eigenvalue weighted by molar-refractivity contribution is -0.149. The van der Waals surface area contributed by atoms with Crippen molar-refractivity contribution in [2.75, 3.05) is 46.9 Å². The van der Waals surface area contributed by atoms with Crippen molar-refractivity contribution < 1.29 is 14.3 Å². The molecule has 0 radical (unpaired) electrons. The maximum atomic E-state index is 12.7. The predicted molar refractivity (Wildman–Crippen MR) is 97.6 cm³/mol. The Morgan fingerprint density at radius 3 is 2.52 bits per heavy atom. The molecule has 0 saturated carbocycles. The number of piperazine rings is 1. The summed E-state index contributed by atoms with van der Waals surface area (Å²) < 4.78 is 5.20. The third kappa shape index (κ3) is 4.95. The number of carbonyl (C=O) groups is 2.